The highest BCUT2D eigenvalue weighted by molar-refractivity contribution is 6.32. The summed E-state index contributed by atoms with van der Waals surface area (Å²) in [7, 11) is 0. The minimum absolute atomic E-state index is 0.114. The van der Waals surface area contributed by atoms with Crippen LogP contribution in [0, 0.1) is 23.2 Å². The molecule has 1 saturated heterocycles. The van der Waals surface area contributed by atoms with Crippen molar-refractivity contribution < 1.29 is 4.74 Å². The summed E-state index contributed by atoms with van der Waals surface area (Å²) in [5.74, 6) is 2.09. The molecule has 5 rings (SSSR count). The van der Waals surface area contributed by atoms with E-state index in [1.165, 1.54) is 11.1 Å². The Balaban J connectivity index is 1.51. The minimum atomic E-state index is -0.235. The van der Waals surface area contributed by atoms with Gasteiger partial charge in [-0.05, 0) is 36.0 Å². The standard InChI is InChI=1S/C17H24ClN3O2/c1-9-12-4-10(17(12,2)3)5-13(9)20-14-6-19-21(7-11-8-23-11)16(22)15(14)18/h6,9-13,20H,4-5,7-8H2,1-3H3/t9-,10+,11-,12-,13-/m1/s1. The van der Waals surface area contributed by atoms with Gasteiger partial charge in [-0.3, -0.25) is 4.79 Å². The van der Waals surface area contributed by atoms with Crippen LogP contribution >= 0.6 is 11.6 Å². The normalized spacial score (nSPS) is 37.1. The fourth-order valence-electron chi connectivity index (χ4n) is 4.60. The van der Waals surface area contributed by atoms with Crippen molar-refractivity contribution in [3.05, 3.63) is 21.6 Å². The van der Waals surface area contributed by atoms with Crippen LogP contribution in [0.25, 0.3) is 0 Å². The number of hydrogen-bond donors (Lipinski definition) is 1. The van der Waals surface area contributed by atoms with Gasteiger partial charge in [0.1, 0.15) is 11.1 Å². The third kappa shape index (κ3) is 2.49. The van der Waals surface area contributed by atoms with Crippen LogP contribution in [0.1, 0.15) is 33.6 Å². The van der Waals surface area contributed by atoms with Gasteiger partial charge in [0.05, 0.1) is 25.0 Å². The van der Waals surface area contributed by atoms with E-state index in [1.54, 1.807) is 6.20 Å². The molecule has 0 amide bonds. The SMILES string of the molecule is C[C@@H]1[C@H]2C[C@@H](C[C@H]1Nc1cnn(C[C@@H]3CO3)c(=O)c1Cl)C2(C)C. The molecule has 0 radical (unpaired) electrons. The maximum Gasteiger partial charge on any atom is 0.287 e. The molecule has 126 valence electrons. The van der Waals surface area contributed by atoms with Crippen molar-refractivity contribution in [1.82, 2.24) is 9.78 Å². The van der Waals surface area contributed by atoms with E-state index in [4.69, 9.17) is 16.3 Å². The zero-order chi connectivity index (χ0) is 16.4. The predicted molar refractivity (Wildman–Crippen MR) is 89.8 cm³/mol. The summed E-state index contributed by atoms with van der Waals surface area (Å²) in [6, 6.07) is 0.369. The molecular weight excluding hydrogens is 314 g/mol. The zero-order valence-corrected chi connectivity index (χ0v) is 14.6. The predicted octanol–water partition coefficient (Wildman–Crippen LogP) is 2.78. The highest BCUT2D eigenvalue weighted by atomic mass is 35.5. The molecule has 0 aromatic carbocycles. The lowest BCUT2D eigenvalue weighted by molar-refractivity contribution is -0.105. The largest absolute Gasteiger partial charge is 0.379 e. The second kappa shape index (κ2) is 5.21. The summed E-state index contributed by atoms with van der Waals surface area (Å²) in [4.78, 5) is 12.3. The van der Waals surface area contributed by atoms with Crippen molar-refractivity contribution in [2.75, 3.05) is 11.9 Å². The van der Waals surface area contributed by atoms with Gasteiger partial charge in [-0.25, -0.2) is 4.68 Å². The fourth-order valence-corrected chi connectivity index (χ4v) is 4.80. The molecule has 2 heterocycles. The first-order valence-electron chi connectivity index (χ1n) is 8.51. The lowest BCUT2D eigenvalue weighted by atomic mass is 9.45. The van der Waals surface area contributed by atoms with Gasteiger partial charge < -0.3 is 10.1 Å². The number of epoxide rings is 1. The summed E-state index contributed by atoms with van der Waals surface area (Å²) >= 11 is 6.30. The van der Waals surface area contributed by atoms with Gasteiger partial charge in [-0.2, -0.15) is 5.10 Å². The number of ether oxygens (including phenoxy) is 1. The Morgan fingerprint density at radius 1 is 1.48 bits per heavy atom. The highest BCUT2D eigenvalue weighted by Crippen LogP contribution is 2.61. The first-order valence-corrected chi connectivity index (χ1v) is 8.89. The molecule has 5 nitrogen and oxygen atoms in total. The van der Waals surface area contributed by atoms with Crippen molar-refractivity contribution in [3.63, 3.8) is 0 Å². The average molecular weight is 338 g/mol. The van der Waals surface area contributed by atoms with Crippen molar-refractivity contribution in [2.24, 2.45) is 23.2 Å². The number of halogens is 1. The van der Waals surface area contributed by atoms with Gasteiger partial charge in [0.15, 0.2) is 0 Å². The van der Waals surface area contributed by atoms with E-state index in [0.717, 1.165) is 18.3 Å². The van der Waals surface area contributed by atoms with Crippen LogP contribution in [0.2, 0.25) is 5.02 Å². The van der Waals surface area contributed by atoms with E-state index in [9.17, 15) is 4.79 Å². The smallest absolute Gasteiger partial charge is 0.287 e. The molecule has 0 spiro atoms. The van der Waals surface area contributed by atoms with Crippen LogP contribution in [-0.2, 0) is 11.3 Å². The van der Waals surface area contributed by atoms with Crippen molar-refractivity contribution in [1.29, 1.82) is 0 Å². The molecule has 0 unspecified atom stereocenters. The Morgan fingerprint density at radius 3 is 2.83 bits per heavy atom. The maximum atomic E-state index is 12.3. The van der Waals surface area contributed by atoms with Gasteiger partial charge in [0, 0.05) is 6.04 Å². The summed E-state index contributed by atoms with van der Waals surface area (Å²) in [5.41, 5.74) is 0.884. The van der Waals surface area contributed by atoms with E-state index in [1.807, 2.05) is 0 Å². The summed E-state index contributed by atoms with van der Waals surface area (Å²) in [6.07, 6.45) is 4.27. The third-order valence-corrected chi connectivity index (χ3v) is 6.82. The van der Waals surface area contributed by atoms with Crippen LogP contribution in [0.3, 0.4) is 0 Å². The highest BCUT2D eigenvalue weighted by Gasteiger charge is 2.56. The van der Waals surface area contributed by atoms with E-state index < -0.39 is 0 Å². The molecule has 6 heteroatoms. The molecule has 4 aliphatic rings. The Morgan fingerprint density at radius 2 is 2.22 bits per heavy atom. The lowest BCUT2D eigenvalue weighted by Crippen LogP contribution is -2.58. The second-order valence-electron chi connectivity index (χ2n) is 8.02. The molecule has 1 aliphatic heterocycles. The van der Waals surface area contributed by atoms with Crippen molar-refractivity contribution >= 4 is 17.3 Å². The molecule has 23 heavy (non-hydrogen) atoms. The maximum absolute atomic E-state index is 12.3. The van der Waals surface area contributed by atoms with Crippen LogP contribution in [0.15, 0.2) is 11.0 Å². The number of anilines is 1. The van der Waals surface area contributed by atoms with E-state index >= 15 is 0 Å². The van der Waals surface area contributed by atoms with Crippen molar-refractivity contribution in [3.8, 4) is 0 Å². The van der Waals surface area contributed by atoms with Crippen LogP contribution in [0.4, 0.5) is 5.69 Å². The quantitative estimate of drug-likeness (QED) is 0.858. The summed E-state index contributed by atoms with van der Waals surface area (Å²) < 4.78 is 6.55. The van der Waals surface area contributed by atoms with Gasteiger partial charge in [-0.15, -0.1) is 0 Å². The molecule has 1 N–H and O–H groups in total. The van der Waals surface area contributed by atoms with E-state index in [2.05, 4.69) is 31.2 Å². The molecular formula is C17H24ClN3O2. The van der Waals surface area contributed by atoms with Crippen LogP contribution < -0.4 is 10.9 Å². The van der Waals surface area contributed by atoms with Gasteiger partial charge in [0.25, 0.3) is 5.56 Å². The third-order valence-electron chi connectivity index (χ3n) is 6.46. The molecule has 1 aromatic rings. The summed E-state index contributed by atoms with van der Waals surface area (Å²) in [5, 5.41) is 7.98. The fraction of sp³-hybridized carbons (Fsp3) is 0.765. The lowest BCUT2D eigenvalue weighted by Gasteiger charge is -2.62. The van der Waals surface area contributed by atoms with E-state index in [0.29, 0.717) is 36.2 Å². The second-order valence-corrected chi connectivity index (χ2v) is 8.40. The number of hydrogen-bond acceptors (Lipinski definition) is 4. The van der Waals surface area contributed by atoms with E-state index in [-0.39, 0.29) is 16.7 Å². The molecule has 2 bridgehead atoms. The first-order chi connectivity index (χ1) is 10.9. The molecule has 3 saturated carbocycles. The zero-order valence-electron chi connectivity index (χ0n) is 13.9. The Labute approximate surface area is 141 Å². The van der Waals surface area contributed by atoms with Gasteiger partial charge in [0.2, 0.25) is 0 Å². The Bertz CT molecular complexity index is 683. The number of nitrogens with one attached hydrogen (secondary N) is 1. The molecule has 4 fully saturated rings. The summed E-state index contributed by atoms with van der Waals surface area (Å²) in [6.45, 7) is 8.26. The molecule has 1 aromatic heterocycles. The Kier molecular flexibility index (Phi) is 3.50. The number of rotatable bonds is 4. The topological polar surface area (TPSA) is 59.5 Å². The van der Waals surface area contributed by atoms with Crippen LogP contribution in [0.5, 0.6) is 0 Å². The van der Waals surface area contributed by atoms with Gasteiger partial charge >= 0.3 is 0 Å². The number of fused-ring (bicyclic) bond motifs is 2. The average Bonchev–Trinajstić information content (AvgIpc) is 3.32. The number of nitrogens with zero attached hydrogens (tertiary/aromatic N) is 2. The first kappa shape index (κ1) is 15.5. The Hall–Kier alpha value is -1.07. The van der Waals surface area contributed by atoms with Crippen LogP contribution in [-0.4, -0.2) is 28.5 Å². The van der Waals surface area contributed by atoms with Crippen molar-refractivity contribution in [2.45, 2.75) is 52.3 Å². The van der Waals surface area contributed by atoms with Gasteiger partial charge in [-0.1, -0.05) is 32.4 Å². The molecule has 3 aliphatic carbocycles. The minimum Gasteiger partial charge on any atom is -0.379 e. The monoisotopic (exact) mass is 337 g/mol. The molecule has 5 atom stereocenters. The number of aromatic nitrogens is 2.